The second-order valence-electron chi connectivity index (χ2n) is 4.40. The lowest BCUT2D eigenvalue weighted by atomic mass is 10.2. The van der Waals surface area contributed by atoms with Gasteiger partial charge in [-0.3, -0.25) is 0 Å². The van der Waals surface area contributed by atoms with Crippen molar-refractivity contribution in [3.05, 3.63) is 15.6 Å². The maximum atomic E-state index is 4.77. The molecule has 0 fully saturated rings. The molecule has 0 saturated heterocycles. The molecule has 0 aromatic carbocycles. The number of hydrogen-bond donors (Lipinski definition) is 1. The van der Waals surface area contributed by atoms with Crippen molar-refractivity contribution in [2.75, 3.05) is 5.75 Å². The molecule has 17 heavy (non-hydrogen) atoms. The summed E-state index contributed by atoms with van der Waals surface area (Å²) >= 11 is 3.84. The molecule has 0 aliphatic rings. The van der Waals surface area contributed by atoms with E-state index in [0.29, 0.717) is 6.04 Å². The van der Waals surface area contributed by atoms with Crippen LogP contribution in [0.3, 0.4) is 0 Å². The third kappa shape index (κ3) is 5.40. The van der Waals surface area contributed by atoms with E-state index in [-0.39, 0.29) is 0 Å². The first-order chi connectivity index (χ1) is 8.17. The van der Waals surface area contributed by atoms with Crippen LogP contribution in [-0.2, 0) is 18.7 Å². The van der Waals surface area contributed by atoms with Gasteiger partial charge in [-0.1, -0.05) is 34.1 Å². The van der Waals surface area contributed by atoms with Gasteiger partial charge in [0.25, 0.3) is 0 Å². The van der Waals surface area contributed by atoms with E-state index in [2.05, 4.69) is 33.0 Å². The molecular weight excluding hydrogens is 248 g/mol. The van der Waals surface area contributed by atoms with Crippen LogP contribution in [0.1, 0.15) is 49.7 Å². The van der Waals surface area contributed by atoms with Gasteiger partial charge < -0.3 is 5.32 Å². The largest absolute Gasteiger partial charge is 0.310 e. The Morgan fingerprint density at radius 3 is 2.71 bits per heavy atom. The number of nitrogens with one attached hydrogen (secondary N) is 1. The predicted octanol–water partition coefficient (Wildman–Crippen LogP) is 3.85. The number of nitrogens with zero attached hydrogens (tertiary/aromatic N) is 1. The standard InChI is InChI=1S/C13H24N2S2/c1-5-7-11-12(8-14-10(3)4)17-13(15-11)9-16-6-2/h10,14H,5-9H2,1-4H3. The molecule has 0 aliphatic carbocycles. The van der Waals surface area contributed by atoms with Gasteiger partial charge in [0.2, 0.25) is 0 Å². The van der Waals surface area contributed by atoms with Gasteiger partial charge in [-0.15, -0.1) is 11.3 Å². The topological polar surface area (TPSA) is 24.9 Å². The second-order valence-corrected chi connectivity index (χ2v) is 6.84. The minimum atomic E-state index is 0.542. The fraction of sp³-hybridized carbons (Fsp3) is 0.769. The zero-order valence-corrected chi connectivity index (χ0v) is 13.0. The number of thiazole rings is 1. The first-order valence-electron chi connectivity index (χ1n) is 6.45. The molecule has 0 spiro atoms. The van der Waals surface area contributed by atoms with Gasteiger partial charge in [0.1, 0.15) is 5.01 Å². The summed E-state index contributed by atoms with van der Waals surface area (Å²) in [6, 6.07) is 0.542. The molecule has 0 radical (unpaired) electrons. The summed E-state index contributed by atoms with van der Waals surface area (Å²) in [7, 11) is 0. The van der Waals surface area contributed by atoms with Crippen LogP contribution in [0.25, 0.3) is 0 Å². The van der Waals surface area contributed by atoms with E-state index >= 15 is 0 Å². The summed E-state index contributed by atoms with van der Waals surface area (Å²) in [5.41, 5.74) is 1.32. The zero-order chi connectivity index (χ0) is 12.7. The first-order valence-corrected chi connectivity index (χ1v) is 8.43. The third-order valence-electron chi connectivity index (χ3n) is 2.41. The van der Waals surface area contributed by atoms with Crippen LogP contribution < -0.4 is 5.32 Å². The van der Waals surface area contributed by atoms with E-state index in [1.807, 2.05) is 23.1 Å². The van der Waals surface area contributed by atoms with Crippen LogP contribution in [0.4, 0.5) is 0 Å². The lowest BCUT2D eigenvalue weighted by Crippen LogP contribution is -2.21. The van der Waals surface area contributed by atoms with Crippen molar-refractivity contribution in [3.8, 4) is 0 Å². The van der Waals surface area contributed by atoms with E-state index in [1.54, 1.807) is 0 Å². The Bertz CT molecular complexity index is 321. The summed E-state index contributed by atoms with van der Waals surface area (Å²) in [5, 5.41) is 4.79. The van der Waals surface area contributed by atoms with Crippen LogP contribution >= 0.6 is 23.1 Å². The molecule has 0 aliphatic heterocycles. The number of thioether (sulfide) groups is 1. The predicted molar refractivity (Wildman–Crippen MR) is 79.9 cm³/mol. The quantitative estimate of drug-likeness (QED) is 0.778. The lowest BCUT2D eigenvalue weighted by Gasteiger charge is -2.07. The smallest absolute Gasteiger partial charge is 0.103 e. The molecule has 0 atom stereocenters. The molecule has 1 aromatic rings. The second kappa shape index (κ2) is 8.11. The van der Waals surface area contributed by atoms with E-state index < -0.39 is 0 Å². The molecule has 0 saturated carbocycles. The highest BCUT2D eigenvalue weighted by atomic mass is 32.2. The average Bonchev–Trinajstić information content (AvgIpc) is 2.67. The van der Waals surface area contributed by atoms with Gasteiger partial charge in [0.15, 0.2) is 0 Å². The Hall–Kier alpha value is -0.0600. The normalized spacial score (nSPS) is 11.4. The Morgan fingerprint density at radius 1 is 1.35 bits per heavy atom. The summed E-state index contributed by atoms with van der Waals surface area (Å²) < 4.78 is 0. The van der Waals surface area contributed by atoms with Crippen molar-refractivity contribution in [3.63, 3.8) is 0 Å². The van der Waals surface area contributed by atoms with Gasteiger partial charge in [-0.25, -0.2) is 4.98 Å². The van der Waals surface area contributed by atoms with Gasteiger partial charge in [0, 0.05) is 23.2 Å². The minimum Gasteiger partial charge on any atom is -0.310 e. The summed E-state index contributed by atoms with van der Waals surface area (Å²) in [5.74, 6) is 2.24. The van der Waals surface area contributed by atoms with Crippen molar-refractivity contribution in [1.82, 2.24) is 10.3 Å². The number of hydrogen-bond acceptors (Lipinski definition) is 4. The van der Waals surface area contributed by atoms with E-state index in [9.17, 15) is 0 Å². The number of aryl methyl sites for hydroxylation is 1. The van der Waals surface area contributed by atoms with E-state index in [1.165, 1.54) is 27.8 Å². The Labute approximate surface area is 114 Å². The summed E-state index contributed by atoms with van der Waals surface area (Å²) in [4.78, 5) is 6.21. The highest BCUT2D eigenvalue weighted by Gasteiger charge is 2.10. The van der Waals surface area contributed by atoms with Crippen LogP contribution in [0.2, 0.25) is 0 Å². The SMILES string of the molecule is CCCc1nc(CSCC)sc1CNC(C)C. The van der Waals surface area contributed by atoms with E-state index in [0.717, 1.165) is 18.7 Å². The zero-order valence-electron chi connectivity index (χ0n) is 11.4. The van der Waals surface area contributed by atoms with Crippen molar-refractivity contribution in [2.24, 2.45) is 0 Å². The summed E-state index contributed by atoms with van der Waals surface area (Å²) in [6.45, 7) is 9.77. The molecule has 2 nitrogen and oxygen atoms in total. The molecule has 4 heteroatoms. The van der Waals surface area contributed by atoms with Gasteiger partial charge in [-0.05, 0) is 12.2 Å². The van der Waals surface area contributed by atoms with Gasteiger partial charge in [-0.2, -0.15) is 11.8 Å². The van der Waals surface area contributed by atoms with Crippen molar-refractivity contribution >= 4 is 23.1 Å². The number of aromatic nitrogens is 1. The highest BCUT2D eigenvalue weighted by Crippen LogP contribution is 2.23. The fourth-order valence-corrected chi connectivity index (χ4v) is 3.35. The average molecular weight is 272 g/mol. The van der Waals surface area contributed by atoms with Crippen LogP contribution in [0, 0.1) is 0 Å². The van der Waals surface area contributed by atoms with Crippen LogP contribution in [0.5, 0.6) is 0 Å². The molecule has 0 unspecified atom stereocenters. The monoisotopic (exact) mass is 272 g/mol. The van der Waals surface area contributed by atoms with Crippen molar-refractivity contribution in [1.29, 1.82) is 0 Å². The molecule has 98 valence electrons. The Morgan fingerprint density at radius 2 is 2.12 bits per heavy atom. The molecule has 1 heterocycles. The van der Waals surface area contributed by atoms with Crippen LogP contribution in [-0.4, -0.2) is 16.8 Å². The molecule has 1 rings (SSSR count). The maximum Gasteiger partial charge on any atom is 0.103 e. The molecule has 1 N–H and O–H groups in total. The van der Waals surface area contributed by atoms with Gasteiger partial charge >= 0.3 is 0 Å². The third-order valence-corrected chi connectivity index (χ3v) is 4.58. The number of rotatable bonds is 8. The first kappa shape index (κ1) is 15.0. The molecule has 0 amide bonds. The fourth-order valence-electron chi connectivity index (χ4n) is 1.55. The minimum absolute atomic E-state index is 0.542. The van der Waals surface area contributed by atoms with E-state index in [4.69, 9.17) is 4.98 Å². The van der Waals surface area contributed by atoms with Crippen molar-refractivity contribution in [2.45, 2.75) is 58.9 Å². The van der Waals surface area contributed by atoms with Crippen molar-refractivity contribution < 1.29 is 0 Å². The Balaban J connectivity index is 2.66. The molecule has 0 bridgehead atoms. The van der Waals surface area contributed by atoms with Crippen LogP contribution in [0.15, 0.2) is 0 Å². The summed E-state index contributed by atoms with van der Waals surface area (Å²) in [6.07, 6.45) is 2.29. The van der Waals surface area contributed by atoms with Gasteiger partial charge in [0.05, 0.1) is 5.69 Å². The maximum absolute atomic E-state index is 4.77. The molecular formula is C13H24N2S2. The Kier molecular flexibility index (Phi) is 7.16. The highest BCUT2D eigenvalue weighted by molar-refractivity contribution is 7.98. The molecule has 1 aromatic heterocycles. The lowest BCUT2D eigenvalue weighted by molar-refractivity contribution is 0.589.